The SMILES string of the molecule is Cc1c(F)cc(OS(=O)(=O)C(F)(F)F)cc1-c1cccc(C(=O)O)c1. The van der Waals surface area contributed by atoms with Crippen molar-refractivity contribution < 1.29 is 40.1 Å². The number of halogens is 4. The first-order chi connectivity index (χ1) is 11.4. The van der Waals surface area contributed by atoms with Gasteiger partial charge in [0.1, 0.15) is 11.6 Å². The van der Waals surface area contributed by atoms with Crippen LogP contribution >= 0.6 is 0 Å². The minimum Gasteiger partial charge on any atom is -0.478 e. The molecular formula is C15H10F4O5S. The predicted molar refractivity (Wildman–Crippen MR) is 79.1 cm³/mol. The van der Waals surface area contributed by atoms with Crippen LogP contribution in [0.25, 0.3) is 11.1 Å². The highest BCUT2D eigenvalue weighted by molar-refractivity contribution is 7.88. The van der Waals surface area contributed by atoms with Gasteiger partial charge >= 0.3 is 21.6 Å². The first kappa shape index (κ1) is 18.7. The van der Waals surface area contributed by atoms with Crippen LogP contribution in [0.3, 0.4) is 0 Å². The quantitative estimate of drug-likeness (QED) is 0.498. The Labute approximate surface area is 139 Å². The molecule has 0 fully saturated rings. The van der Waals surface area contributed by atoms with Crippen LogP contribution in [0.4, 0.5) is 17.6 Å². The van der Waals surface area contributed by atoms with E-state index in [2.05, 4.69) is 4.18 Å². The molecule has 0 saturated heterocycles. The first-order valence-electron chi connectivity index (χ1n) is 6.57. The van der Waals surface area contributed by atoms with E-state index in [0.717, 1.165) is 6.07 Å². The number of rotatable bonds is 4. The third kappa shape index (κ3) is 3.90. The van der Waals surface area contributed by atoms with Gasteiger partial charge in [0.25, 0.3) is 0 Å². The van der Waals surface area contributed by atoms with Gasteiger partial charge in [-0.15, -0.1) is 0 Å². The van der Waals surface area contributed by atoms with Crippen LogP contribution in [0.2, 0.25) is 0 Å². The van der Waals surface area contributed by atoms with Gasteiger partial charge in [-0.3, -0.25) is 0 Å². The zero-order valence-electron chi connectivity index (χ0n) is 12.5. The van der Waals surface area contributed by atoms with Crippen molar-refractivity contribution in [2.75, 3.05) is 0 Å². The topological polar surface area (TPSA) is 80.7 Å². The minimum absolute atomic E-state index is 0.00419. The molecule has 2 aromatic carbocycles. The van der Waals surface area contributed by atoms with Gasteiger partial charge in [-0.2, -0.15) is 21.6 Å². The highest BCUT2D eigenvalue weighted by Crippen LogP contribution is 2.33. The molecule has 0 radical (unpaired) electrons. The zero-order chi connectivity index (χ0) is 19.0. The molecule has 10 heteroatoms. The van der Waals surface area contributed by atoms with Crippen LogP contribution < -0.4 is 4.18 Å². The molecule has 0 saturated carbocycles. The lowest BCUT2D eigenvalue weighted by Crippen LogP contribution is -2.28. The summed E-state index contributed by atoms with van der Waals surface area (Å²) in [5.74, 6) is -3.14. The molecule has 134 valence electrons. The van der Waals surface area contributed by atoms with Crippen LogP contribution in [-0.4, -0.2) is 25.0 Å². The third-order valence-corrected chi connectivity index (χ3v) is 4.21. The Hall–Kier alpha value is -2.62. The monoisotopic (exact) mass is 378 g/mol. The predicted octanol–water partition coefficient (Wildman–Crippen LogP) is 3.73. The summed E-state index contributed by atoms with van der Waals surface area (Å²) in [5, 5.41) is 8.97. The van der Waals surface area contributed by atoms with Crippen molar-refractivity contribution in [3.63, 3.8) is 0 Å². The Morgan fingerprint density at radius 2 is 1.80 bits per heavy atom. The molecule has 0 amide bonds. The number of carbonyl (C=O) groups is 1. The molecule has 0 aliphatic carbocycles. The third-order valence-electron chi connectivity index (χ3n) is 3.23. The molecule has 0 aromatic heterocycles. The van der Waals surface area contributed by atoms with Crippen molar-refractivity contribution >= 4 is 16.1 Å². The number of carboxylic acids is 1. The standard InChI is InChI=1S/C15H10F4O5S/c1-8-12(9-3-2-4-10(5-9)14(20)21)6-11(7-13(8)16)24-25(22,23)15(17,18)19/h2-7H,1H3,(H,20,21). The maximum atomic E-state index is 14.0. The molecule has 0 unspecified atom stereocenters. The van der Waals surface area contributed by atoms with E-state index in [1.54, 1.807) is 0 Å². The Bertz CT molecular complexity index is 935. The summed E-state index contributed by atoms with van der Waals surface area (Å²) in [7, 11) is -5.96. The average molecular weight is 378 g/mol. The van der Waals surface area contributed by atoms with E-state index >= 15 is 0 Å². The van der Waals surface area contributed by atoms with Crippen molar-refractivity contribution in [3.05, 3.63) is 53.3 Å². The molecule has 0 atom stereocenters. The van der Waals surface area contributed by atoms with Crippen LogP contribution in [0.1, 0.15) is 15.9 Å². The Balaban J connectivity index is 2.56. The molecule has 0 heterocycles. The van der Waals surface area contributed by atoms with Crippen molar-refractivity contribution in [1.82, 2.24) is 0 Å². The van der Waals surface area contributed by atoms with Crippen LogP contribution in [-0.2, 0) is 10.1 Å². The second-order valence-corrected chi connectivity index (χ2v) is 6.48. The fourth-order valence-corrected chi connectivity index (χ4v) is 2.44. The summed E-state index contributed by atoms with van der Waals surface area (Å²) in [6, 6.07) is 6.59. The summed E-state index contributed by atoms with van der Waals surface area (Å²) in [6.07, 6.45) is 0. The van der Waals surface area contributed by atoms with Gasteiger partial charge in [0.05, 0.1) is 5.56 Å². The van der Waals surface area contributed by atoms with E-state index in [1.807, 2.05) is 0 Å². The van der Waals surface area contributed by atoms with Gasteiger partial charge in [0.15, 0.2) is 0 Å². The summed E-state index contributed by atoms with van der Waals surface area (Å²) in [4.78, 5) is 11.0. The van der Waals surface area contributed by atoms with Gasteiger partial charge < -0.3 is 9.29 Å². The highest BCUT2D eigenvalue weighted by atomic mass is 32.2. The van der Waals surface area contributed by atoms with Crippen LogP contribution in [0.5, 0.6) is 5.75 Å². The molecule has 5 nitrogen and oxygen atoms in total. The fourth-order valence-electron chi connectivity index (χ4n) is 2.00. The Morgan fingerprint density at radius 3 is 2.36 bits per heavy atom. The zero-order valence-corrected chi connectivity index (χ0v) is 13.3. The molecule has 0 aliphatic rings. The van der Waals surface area contributed by atoms with E-state index in [1.165, 1.54) is 31.2 Å². The normalized spacial score (nSPS) is 12.0. The molecule has 0 spiro atoms. The summed E-state index contributed by atoms with van der Waals surface area (Å²) in [6.45, 7) is 1.31. The van der Waals surface area contributed by atoms with Gasteiger partial charge in [0, 0.05) is 6.07 Å². The molecule has 25 heavy (non-hydrogen) atoms. The molecular weight excluding hydrogens is 368 g/mol. The lowest BCUT2D eigenvalue weighted by Gasteiger charge is -2.13. The summed E-state index contributed by atoms with van der Waals surface area (Å²) >= 11 is 0. The lowest BCUT2D eigenvalue weighted by atomic mass is 9.98. The van der Waals surface area contributed by atoms with Gasteiger partial charge in [-0.05, 0) is 41.8 Å². The number of alkyl halides is 3. The number of carboxylic acid groups (broad SMARTS) is 1. The number of benzene rings is 2. The second kappa shape index (κ2) is 6.36. The van der Waals surface area contributed by atoms with Gasteiger partial charge in [-0.1, -0.05) is 12.1 Å². The van der Waals surface area contributed by atoms with Crippen molar-refractivity contribution in [1.29, 1.82) is 0 Å². The van der Waals surface area contributed by atoms with E-state index in [-0.39, 0.29) is 22.3 Å². The number of hydrogen-bond acceptors (Lipinski definition) is 4. The summed E-state index contributed by atoms with van der Waals surface area (Å²) in [5.41, 5.74) is -5.65. The largest absolute Gasteiger partial charge is 0.534 e. The Morgan fingerprint density at radius 1 is 1.16 bits per heavy atom. The molecule has 0 bridgehead atoms. The van der Waals surface area contributed by atoms with Gasteiger partial charge in [-0.25, -0.2) is 9.18 Å². The highest BCUT2D eigenvalue weighted by Gasteiger charge is 2.48. The van der Waals surface area contributed by atoms with Crippen LogP contribution in [0.15, 0.2) is 36.4 Å². The van der Waals surface area contributed by atoms with Crippen molar-refractivity contribution in [2.24, 2.45) is 0 Å². The number of hydrogen-bond donors (Lipinski definition) is 1. The Kier molecular flexibility index (Phi) is 4.76. The minimum atomic E-state index is -5.96. The molecule has 2 aromatic rings. The second-order valence-electron chi connectivity index (χ2n) is 4.95. The van der Waals surface area contributed by atoms with Crippen molar-refractivity contribution in [3.8, 4) is 16.9 Å². The average Bonchev–Trinajstić information content (AvgIpc) is 2.49. The van der Waals surface area contributed by atoms with Gasteiger partial charge in [0.2, 0.25) is 0 Å². The van der Waals surface area contributed by atoms with E-state index in [9.17, 15) is 30.8 Å². The van der Waals surface area contributed by atoms with E-state index < -0.39 is 33.2 Å². The fraction of sp³-hybridized carbons (Fsp3) is 0.133. The maximum Gasteiger partial charge on any atom is 0.534 e. The number of aromatic carboxylic acids is 1. The summed E-state index contributed by atoms with van der Waals surface area (Å²) < 4.78 is 77.2. The van der Waals surface area contributed by atoms with E-state index in [0.29, 0.717) is 6.07 Å². The molecule has 1 N–H and O–H groups in total. The molecule has 0 aliphatic heterocycles. The molecule has 2 rings (SSSR count). The van der Waals surface area contributed by atoms with Crippen molar-refractivity contribution in [2.45, 2.75) is 12.4 Å². The first-order valence-corrected chi connectivity index (χ1v) is 7.98. The smallest absolute Gasteiger partial charge is 0.478 e. The maximum absolute atomic E-state index is 14.0. The lowest BCUT2D eigenvalue weighted by molar-refractivity contribution is -0.0500. The van der Waals surface area contributed by atoms with E-state index in [4.69, 9.17) is 5.11 Å². The van der Waals surface area contributed by atoms with Crippen LogP contribution in [0, 0.1) is 12.7 Å².